The number of carbonyl (C=O) groups excluding carboxylic acids is 1. The van der Waals surface area contributed by atoms with Crippen LogP contribution >= 0.6 is 0 Å². The van der Waals surface area contributed by atoms with Gasteiger partial charge in [-0.25, -0.2) is 0 Å². The van der Waals surface area contributed by atoms with Gasteiger partial charge < -0.3 is 15.6 Å². The first-order chi connectivity index (χ1) is 9.19. The molecule has 0 spiro atoms. The van der Waals surface area contributed by atoms with E-state index in [4.69, 9.17) is 5.84 Å². The predicted molar refractivity (Wildman–Crippen MR) is 76.8 cm³/mol. The predicted octanol–water partition coefficient (Wildman–Crippen LogP) is 1.04. The van der Waals surface area contributed by atoms with Crippen LogP contribution in [0.2, 0.25) is 0 Å². The molecule has 0 unspecified atom stereocenters. The van der Waals surface area contributed by atoms with Crippen molar-refractivity contribution in [2.24, 2.45) is 11.8 Å². The van der Waals surface area contributed by atoms with Crippen molar-refractivity contribution >= 4 is 11.6 Å². The molecule has 1 aliphatic heterocycles. The number of nitrogen functional groups attached to an aromatic ring is 1. The number of nitrogens with zero attached hydrogens (tertiary/aromatic N) is 1. The standard InChI is InChI=1S/C14H22N4O/c1-18-8-6-11(7-9-18)10-16-14(19)12-2-4-13(17-15)5-3-12/h2-5,11,17H,6-10,15H2,1H3,(H,16,19). The van der Waals surface area contributed by atoms with Gasteiger partial charge in [-0.2, -0.15) is 0 Å². The fourth-order valence-corrected chi connectivity index (χ4v) is 2.32. The van der Waals surface area contributed by atoms with Gasteiger partial charge in [0.15, 0.2) is 0 Å². The number of hydrogen-bond acceptors (Lipinski definition) is 4. The van der Waals surface area contributed by atoms with Gasteiger partial charge in [0.25, 0.3) is 5.91 Å². The highest BCUT2D eigenvalue weighted by Gasteiger charge is 2.17. The number of nitrogens with one attached hydrogen (secondary N) is 2. The zero-order valence-corrected chi connectivity index (χ0v) is 11.4. The summed E-state index contributed by atoms with van der Waals surface area (Å²) in [5.74, 6) is 5.88. The van der Waals surface area contributed by atoms with Gasteiger partial charge in [-0.15, -0.1) is 0 Å². The maximum absolute atomic E-state index is 12.0. The van der Waals surface area contributed by atoms with E-state index in [0.29, 0.717) is 11.5 Å². The van der Waals surface area contributed by atoms with E-state index in [-0.39, 0.29) is 5.91 Å². The van der Waals surface area contributed by atoms with E-state index in [1.54, 1.807) is 24.3 Å². The van der Waals surface area contributed by atoms with Crippen LogP contribution in [0.25, 0.3) is 0 Å². The third kappa shape index (κ3) is 3.94. The SMILES string of the molecule is CN1CCC(CNC(=O)c2ccc(NN)cc2)CC1. The van der Waals surface area contributed by atoms with Crippen LogP contribution in [0.1, 0.15) is 23.2 Å². The second kappa shape index (κ2) is 6.54. The lowest BCUT2D eigenvalue weighted by molar-refractivity contribution is 0.0939. The number of rotatable bonds is 4. The summed E-state index contributed by atoms with van der Waals surface area (Å²) in [7, 11) is 2.14. The summed E-state index contributed by atoms with van der Waals surface area (Å²) in [5, 5.41) is 3.01. The maximum Gasteiger partial charge on any atom is 0.251 e. The van der Waals surface area contributed by atoms with Gasteiger partial charge in [0.1, 0.15) is 0 Å². The van der Waals surface area contributed by atoms with E-state index in [1.165, 1.54) is 0 Å². The van der Waals surface area contributed by atoms with Crippen molar-refractivity contribution in [2.75, 3.05) is 32.1 Å². The quantitative estimate of drug-likeness (QED) is 0.560. The first-order valence-electron chi connectivity index (χ1n) is 6.72. The molecule has 1 aliphatic rings. The van der Waals surface area contributed by atoms with Gasteiger partial charge in [0.2, 0.25) is 0 Å². The molecule has 1 aromatic carbocycles. The smallest absolute Gasteiger partial charge is 0.251 e. The molecule has 4 N–H and O–H groups in total. The Kier molecular flexibility index (Phi) is 4.76. The van der Waals surface area contributed by atoms with Gasteiger partial charge in [0, 0.05) is 17.8 Å². The molecule has 1 aromatic rings. The molecule has 0 bridgehead atoms. The summed E-state index contributed by atoms with van der Waals surface area (Å²) in [6, 6.07) is 7.15. The fraction of sp³-hybridized carbons (Fsp3) is 0.500. The molecule has 0 aromatic heterocycles. The number of hydrogen-bond donors (Lipinski definition) is 3. The zero-order valence-electron chi connectivity index (χ0n) is 11.4. The van der Waals surface area contributed by atoms with Gasteiger partial charge in [-0.05, 0) is 63.2 Å². The zero-order chi connectivity index (χ0) is 13.7. The largest absolute Gasteiger partial charge is 0.352 e. The van der Waals surface area contributed by atoms with Gasteiger partial charge in [0.05, 0.1) is 0 Å². The second-order valence-corrected chi connectivity index (χ2v) is 5.18. The van der Waals surface area contributed by atoms with Crippen LogP contribution in [0.5, 0.6) is 0 Å². The molecular weight excluding hydrogens is 240 g/mol. The van der Waals surface area contributed by atoms with Crippen molar-refractivity contribution in [1.29, 1.82) is 0 Å². The molecule has 104 valence electrons. The molecule has 0 aliphatic carbocycles. The molecule has 19 heavy (non-hydrogen) atoms. The molecule has 1 fully saturated rings. The Hall–Kier alpha value is -1.59. The minimum absolute atomic E-state index is 0.0116. The van der Waals surface area contributed by atoms with E-state index in [2.05, 4.69) is 22.7 Å². The maximum atomic E-state index is 12.0. The number of benzene rings is 1. The van der Waals surface area contributed by atoms with E-state index in [0.717, 1.165) is 38.2 Å². The minimum Gasteiger partial charge on any atom is -0.352 e. The fourth-order valence-electron chi connectivity index (χ4n) is 2.32. The Morgan fingerprint density at radius 3 is 2.53 bits per heavy atom. The van der Waals surface area contributed by atoms with Crippen LogP contribution in [0.4, 0.5) is 5.69 Å². The van der Waals surface area contributed by atoms with Crippen molar-refractivity contribution in [3.8, 4) is 0 Å². The number of carbonyl (C=O) groups is 1. The minimum atomic E-state index is -0.0116. The lowest BCUT2D eigenvalue weighted by Gasteiger charge is -2.28. The number of likely N-dealkylation sites (tertiary alicyclic amines) is 1. The van der Waals surface area contributed by atoms with Crippen LogP contribution < -0.4 is 16.6 Å². The highest BCUT2D eigenvalue weighted by atomic mass is 16.1. The summed E-state index contributed by atoms with van der Waals surface area (Å²) in [5.41, 5.74) is 4.02. The summed E-state index contributed by atoms with van der Waals surface area (Å²) < 4.78 is 0. The molecule has 5 nitrogen and oxygen atoms in total. The van der Waals surface area contributed by atoms with Crippen molar-refractivity contribution in [2.45, 2.75) is 12.8 Å². The molecule has 0 atom stereocenters. The van der Waals surface area contributed by atoms with Crippen LogP contribution in [0.3, 0.4) is 0 Å². The number of hydrazine groups is 1. The summed E-state index contributed by atoms with van der Waals surface area (Å²) in [6.07, 6.45) is 2.32. The van der Waals surface area contributed by atoms with Gasteiger partial charge >= 0.3 is 0 Å². The number of amides is 1. The Morgan fingerprint density at radius 2 is 1.95 bits per heavy atom. The van der Waals surface area contributed by atoms with Crippen molar-refractivity contribution < 1.29 is 4.79 Å². The van der Waals surface area contributed by atoms with E-state index in [9.17, 15) is 4.79 Å². The van der Waals surface area contributed by atoms with Crippen LogP contribution in [-0.4, -0.2) is 37.5 Å². The van der Waals surface area contributed by atoms with Crippen LogP contribution in [-0.2, 0) is 0 Å². The third-order valence-corrected chi connectivity index (χ3v) is 3.70. The Labute approximate surface area is 114 Å². The lowest BCUT2D eigenvalue weighted by atomic mass is 9.97. The van der Waals surface area contributed by atoms with E-state index >= 15 is 0 Å². The Balaban J connectivity index is 1.80. The number of piperidine rings is 1. The van der Waals surface area contributed by atoms with Crippen LogP contribution in [0, 0.1) is 5.92 Å². The monoisotopic (exact) mass is 262 g/mol. The highest BCUT2D eigenvalue weighted by molar-refractivity contribution is 5.94. The Bertz CT molecular complexity index is 410. The third-order valence-electron chi connectivity index (χ3n) is 3.70. The highest BCUT2D eigenvalue weighted by Crippen LogP contribution is 2.15. The second-order valence-electron chi connectivity index (χ2n) is 5.18. The average Bonchev–Trinajstić information content (AvgIpc) is 2.46. The molecule has 5 heteroatoms. The van der Waals surface area contributed by atoms with E-state index in [1.807, 2.05) is 0 Å². The molecule has 1 amide bonds. The van der Waals surface area contributed by atoms with Crippen molar-refractivity contribution in [3.63, 3.8) is 0 Å². The number of anilines is 1. The molecule has 1 heterocycles. The molecule has 0 radical (unpaired) electrons. The van der Waals surface area contributed by atoms with E-state index < -0.39 is 0 Å². The first kappa shape index (κ1) is 13.8. The topological polar surface area (TPSA) is 70.4 Å². The summed E-state index contributed by atoms with van der Waals surface area (Å²) in [4.78, 5) is 14.3. The van der Waals surface area contributed by atoms with Crippen molar-refractivity contribution in [3.05, 3.63) is 29.8 Å². The van der Waals surface area contributed by atoms with Gasteiger partial charge in [-0.1, -0.05) is 0 Å². The molecule has 1 saturated heterocycles. The lowest BCUT2D eigenvalue weighted by Crippen LogP contribution is -2.36. The molecule has 0 saturated carbocycles. The van der Waals surface area contributed by atoms with Crippen LogP contribution in [0.15, 0.2) is 24.3 Å². The molecule has 2 rings (SSSR count). The first-order valence-corrected chi connectivity index (χ1v) is 6.72. The summed E-state index contributed by atoms with van der Waals surface area (Å²) >= 11 is 0. The normalized spacial score (nSPS) is 17.2. The summed E-state index contributed by atoms with van der Waals surface area (Å²) in [6.45, 7) is 3.01. The Morgan fingerprint density at radius 1 is 1.32 bits per heavy atom. The molecular formula is C14H22N4O. The average molecular weight is 262 g/mol. The van der Waals surface area contributed by atoms with Crippen molar-refractivity contribution in [1.82, 2.24) is 10.2 Å². The van der Waals surface area contributed by atoms with Gasteiger partial charge in [-0.3, -0.25) is 10.6 Å². The number of nitrogens with two attached hydrogens (primary N) is 1.